The van der Waals surface area contributed by atoms with Gasteiger partial charge >= 0.3 is 5.97 Å². The van der Waals surface area contributed by atoms with Gasteiger partial charge in [0.1, 0.15) is 5.69 Å². The number of carbonyl (C=O) groups is 3. The monoisotopic (exact) mass is 447 g/mol. The molecular weight excluding hydrogens is 422 g/mol. The topological polar surface area (TPSA) is 115 Å². The van der Waals surface area contributed by atoms with Gasteiger partial charge in [0.05, 0.1) is 10.5 Å². The number of rotatable bonds is 6. The smallest absolute Gasteiger partial charge is 0.338 e. The minimum absolute atomic E-state index is 0.0693. The van der Waals surface area contributed by atoms with Gasteiger partial charge in [0.15, 0.2) is 6.61 Å². The van der Waals surface area contributed by atoms with Crippen molar-refractivity contribution in [2.45, 2.75) is 37.1 Å². The number of esters is 1. The summed E-state index contributed by atoms with van der Waals surface area (Å²) in [6.45, 7) is 1.72. The third kappa shape index (κ3) is 5.20. The van der Waals surface area contributed by atoms with Gasteiger partial charge in [0, 0.05) is 25.8 Å². The maximum absolute atomic E-state index is 12.8. The molecule has 0 spiro atoms. The lowest BCUT2D eigenvalue weighted by Crippen LogP contribution is -2.41. The van der Waals surface area contributed by atoms with Crippen molar-refractivity contribution in [3.05, 3.63) is 53.9 Å². The molecule has 0 aliphatic carbocycles. The van der Waals surface area contributed by atoms with Gasteiger partial charge in [-0.3, -0.25) is 14.9 Å². The Bertz CT molecular complexity index is 1070. The van der Waals surface area contributed by atoms with Crippen LogP contribution in [0.4, 0.5) is 0 Å². The van der Waals surface area contributed by atoms with E-state index in [0.29, 0.717) is 12.2 Å². The lowest BCUT2D eigenvalue weighted by molar-refractivity contribution is -0.123. The zero-order valence-electron chi connectivity index (χ0n) is 17.4. The molecule has 1 fully saturated rings. The van der Waals surface area contributed by atoms with Crippen LogP contribution in [0.2, 0.25) is 0 Å². The molecule has 1 unspecified atom stereocenters. The lowest BCUT2D eigenvalue weighted by Gasteiger charge is -2.32. The average molecular weight is 448 g/mol. The molecule has 31 heavy (non-hydrogen) atoms. The van der Waals surface area contributed by atoms with Gasteiger partial charge in [0.2, 0.25) is 10.0 Å². The highest BCUT2D eigenvalue weighted by Gasteiger charge is 2.31. The first-order chi connectivity index (χ1) is 14.7. The molecule has 0 radical (unpaired) electrons. The Morgan fingerprint density at radius 3 is 2.45 bits per heavy atom. The van der Waals surface area contributed by atoms with Crippen LogP contribution in [-0.4, -0.2) is 54.3 Å². The van der Waals surface area contributed by atoms with Crippen LogP contribution in [0.15, 0.2) is 47.5 Å². The number of imide groups is 1. The molecule has 1 aliphatic heterocycles. The van der Waals surface area contributed by atoms with E-state index in [9.17, 15) is 22.8 Å². The number of hydrogen-bond acceptors (Lipinski definition) is 6. The van der Waals surface area contributed by atoms with Gasteiger partial charge in [0.25, 0.3) is 11.8 Å². The molecule has 2 amide bonds. The van der Waals surface area contributed by atoms with Crippen LogP contribution in [0, 0.1) is 0 Å². The second-order valence-corrected chi connectivity index (χ2v) is 9.33. The first-order valence-corrected chi connectivity index (χ1v) is 11.4. The first kappa shape index (κ1) is 22.7. The van der Waals surface area contributed by atoms with Crippen molar-refractivity contribution in [3.8, 4) is 0 Å². The molecule has 9 nitrogen and oxygen atoms in total. The first-order valence-electron chi connectivity index (χ1n) is 9.94. The van der Waals surface area contributed by atoms with E-state index >= 15 is 0 Å². The number of carbonyl (C=O) groups excluding carboxylic acids is 3. The quantitative estimate of drug-likeness (QED) is 0.674. The Morgan fingerprint density at radius 1 is 1.13 bits per heavy atom. The van der Waals surface area contributed by atoms with E-state index in [1.165, 1.54) is 28.6 Å². The molecule has 0 saturated carbocycles. The molecular formula is C21H25N3O6S. The van der Waals surface area contributed by atoms with Crippen LogP contribution >= 0.6 is 0 Å². The highest BCUT2D eigenvalue weighted by molar-refractivity contribution is 7.89. The van der Waals surface area contributed by atoms with Crippen molar-refractivity contribution < 1.29 is 27.5 Å². The second kappa shape index (κ2) is 9.44. The van der Waals surface area contributed by atoms with Crippen LogP contribution in [0.5, 0.6) is 0 Å². The highest BCUT2D eigenvalue weighted by atomic mass is 32.2. The van der Waals surface area contributed by atoms with E-state index in [1.54, 1.807) is 29.9 Å². The second-order valence-electron chi connectivity index (χ2n) is 7.44. The number of benzene rings is 1. The molecule has 2 aromatic rings. The summed E-state index contributed by atoms with van der Waals surface area (Å²) < 4.78 is 33.6. The summed E-state index contributed by atoms with van der Waals surface area (Å²) in [5.74, 6) is -2.16. The van der Waals surface area contributed by atoms with E-state index in [-0.39, 0.29) is 16.5 Å². The predicted octanol–water partition coefficient (Wildman–Crippen LogP) is 1.70. The molecule has 1 N–H and O–H groups in total. The van der Waals surface area contributed by atoms with Gasteiger partial charge in [-0.15, -0.1) is 0 Å². The Hall–Kier alpha value is -2.98. The number of piperidine rings is 1. The lowest BCUT2D eigenvalue weighted by atomic mass is 10.1. The van der Waals surface area contributed by atoms with Crippen molar-refractivity contribution in [1.82, 2.24) is 14.2 Å². The third-order valence-corrected chi connectivity index (χ3v) is 7.23. The largest absolute Gasteiger partial charge is 0.452 e. The van der Waals surface area contributed by atoms with E-state index in [1.807, 2.05) is 6.92 Å². The Labute approximate surface area is 181 Å². The van der Waals surface area contributed by atoms with Crippen molar-refractivity contribution in [3.63, 3.8) is 0 Å². The minimum atomic E-state index is -3.64. The summed E-state index contributed by atoms with van der Waals surface area (Å²) in [7, 11) is -1.98. The molecule has 0 bridgehead atoms. The van der Waals surface area contributed by atoms with Crippen molar-refractivity contribution in [1.29, 1.82) is 0 Å². The fourth-order valence-electron chi connectivity index (χ4n) is 3.47. The molecule has 166 valence electrons. The minimum Gasteiger partial charge on any atom is -0.452 e. The van der Waals surface area contributed by atoms with Crippen LogP contribution in [-0.2, 0) is 26.6 Å². The summed E-state index contributed by atoms with van der Waals surface area (Å²) >= 11 is 0. The van der Waals surface area contributed by atoms with Crippen molar-refractivity contribution in [2.24, 2.45) is 7.05 Å². The number of nitrogens with one attached hydrogen (secondary N) is 1. The van der Waals surface area contributed by atoms with Gasteiger partial charge in [-0.1, -0.05) is 6.42 Å². The van der Waals surface area contributed by atoms with Gasteiger partial charge < -0.3 is 9.30 Å². The van der Waals surface area contributed by atoms with E-state index in [4.69, 9.17) is 4.74 Å². The molecule has 2 heterocycles. The fraction of sp³-hybridized carbons (Fsp3) is 0.381. The number of aromatic nitrogens is 1. The van der Waals surface area contributed by atoms with Crippen molar-refractivity contribution in [2.75, 3.05) is 13.2 Å². The van der Waals surface area contributed by atoms with Crippen LogP contribution in [0.25, 0.3) is 0 Å². The normalized spacial score (nSPS) is 17.2. The van der Waals surface area contributed by atoms with E-state index < -0.39 is 34.4 Å². The van der Waals surface area contributed by atoms with Gasteiger partial charge in [-0.2, -0.15) is 4.31 Å². The van der Waals surface area contributed by atoms with Crippen LogP contribution < -0.4 is 5.32 Å². The molecule has 1 aromatic carbocycles. The van der Waals surface area contributed by atoms with Gasteiger partial charge in [-0.25, -0.2) is 13.2 Å². The zero-order chi connectivity index (χ0) is 22.6. The predicted molar refractivity (Wildman–Crippen MR) is 112 cm³/mol. The molecule has 3 rings (SSSR count). The number of nitrogens with zero attached hydrogens (tertiary/aromatic N) is 2. The zero-order valence-corrected chi connectivity index (χ0v) is 18.2. The Balaban J connectivity index is 1.57. The Morgan fingerprint density at radius 2 is 1.84 bits per heavy atom. The summed E-state index contributed by atoms with van der Waals surface area (Å²) in [5.41, 5.74) is 0.395. The van der Waals surface area contributed by atoms with Gasteiger partial charge in [-0.05, 0) is 56.2 Å². The van der Waals surface area contributed by atoms with Crippen LogP contribution in [0.1, 0.15) is 47.0 Å². The SMILES string of the molecule is CC1CCCCN1S(=O)(=O)c1ccc(C(=O)OCC(=O)NC(=O)c2cccn2C)cc1. The summed E-state index contributed by atoms with van der Waals surface area (Å²) in [4.78, 5) is 36.1. The number of aryl methyl sites for hydroxylation is 1. The molecule has 1 saturated heterocycles. The van der Waals surface area contributed by atoms with E-state index in [0.717, 1.165) is 19.3 Å². The summed E-state index contributed by atoms with van der Waals surface area (Å²) in [5, 5.41) is 2.14. The maximum Gasteiger partial charge on any atom is 0.338 e. The number of ether oxygens (including phenoxy) is 1. The highest BCUT2D eigenvalue weighted by Crippen LogP contribution is 2.25. The third-order valence-electron chi connectivity index (χ3n) is 5.20. The molecule has 1 atom stereocenters. The number of hydrogen-bond donors (Lipinski definition) is 1. The Kier molecular flexibility index (Phi) is 6.91. The summed E-state index contributed by atoms with van der Waals surface area (Å²) in [6, 6.07) is 8.54. The molecule has 10 heteroatoms. The fourth-order valence-corrected chi connectivity index (χ4v) is 5.16. The summed E-state index contributed by atoms with van der Waals surface area (Å²) in [6.07, 6.45) is 4.30. The van der Waals surface area contributed by atoms with Crippen LogP contribution in [0.3, 0.4) is 0 Å². The molecule has 1 aromatic heterocycles. The molecule has 1 aliphatic rings. The maximum atomic E-state index is 12.8. The van der Waals surface area contributed by atoms with Crippen molar-refractivity contribution >= 4 is 27.8 Å². The standard InChI is InChI=1S/C21H25N3O6S/c1-15-6-3-4-13-24(15)31(28,29)17-10-8-16(9-11-17)21(27)30-14-19(25)22-20(26)18-7-5-12-23(18)2/h5,7-12,15H,3-4,6,13-14H2,1-2H3,(H,22,25,26). The number of sulfonamides is 1. The number of amides is 2. The van der Waals surface area contributed by atoms with E-state index in [2.05, 4.69) is 5.32 Å². The average Bonchev–Trinajstić information content (AvgIpc) is 3.18.